The number of nitrogens with two attached hydrogens (primary N) is 1. The summed E-state index contributed by atoms with van der Waals surface area (Å²) in [6.07, 6.45) is 3.87. The maximum absolute atomic E-state index is 11.6. The van der Waals surface area contributed by atoms with Crippen LogP contribution in [0, 0.1) is 11.8 Å². The molecule has 0 radical (unpaired) electrons. The van der Waals surface area contributed by atoms with E-state index in [1.807, 2.05) is 0 Å². The molecule has 3 heteroatoms. The highest BCUT2D eigenvalue weighted by Crippen LogP contribution is 2.30. The average molecular weight is 199 g/mol. The predicted octanol–water partition coefficient (Wildman–Crippen LogP) is 1.36. The molecule has 3 atom stereocenters. The Kier molecular flexibility index (Phi) is 4.55. The van der Waals surface area contributed by atoms with Crippen LogP contribution in [0.25, 0.3) is 0 Å². The number of methoxy groups -OCH3 is 1. The summed E-state index contributed by atoms with van der Waals surface area (Å²) in [5.74, 6) is 1.05. The van der Waals surface area contributed by atoms with Crippen LogP contribution >= 0.6 is 0 Å². The highest BCUT2D eigenvalue weighted by molar-refractivity contribution is 5.82. The summed E-state index contributed by atoms with van der Waals surface area (Å²) in [5.41, 5.74) is 5.92. The Morgan fingerprint density at radius 1 is 1.64 bits per heavy atom. The zero-order chi connectivity index (χ0) is 10.6. The van der Waals surface area contributed by atoms with E-state index in [2.05, 4.69) is 6.92 Å². The minimum Gasteiger partial charge on any atom is -0.383 e. The van der Waals surface area contributed by atoms with Gasteiger partial charge in [0.15, 0.2) is 0 Å². The van der Waals surface area contributed by atoms with Crippen LogP contribution in [0.3, 0.4) is 0 Å². The van der Waals surface area contributed by atoms with Crippen LogP contribution in [-0.4, -0.2) is 25.5 Å². The van der Waals surface area contributed by atoms with Crippen molar-refractivity contribution in [2.24, 2.45) is 17.6 Å². The van der Waals surface area contributed by atoms with Crippen molar-refractivity contribution < 1.29 is 9.53 Å². The molecule has 1 fully saturated rings. The number of Topliss-reactive ketones (excluding diaryl/α,β-unsaturated/α-hetero) is 1. The lowest BCUT2D eigenvalue weighted by molar-refractivity contribution is -0.126. The van der Waals surface area contributed by atoms with Gasteiger partial charge in [-0.15, -0.1) is 0 Å². The van der Waals surface area contributed by atoms with Crippen molar-refractivity contribution in [3.8, 4) is 0 Å². The van der Waals surface area contributed by atoms with Crippen LogP contribution in [-0.2, 0) is 9.53 Å². The normalized spacial score (nSPS) is 30.4. The van der Waals surface area contributed by atoms with Crippen molar-refractivity contribution in [2.45, 2.75) is 38.6 Å². The zero-order valence-electron chi connectivity index (χ0n) is 9.16. The molecule has 0 saturated heterocycles. The molecule has 1 aliphatic carbocycles. The van der Waals surface area contributed by atoms with Gasteiger partial charge in [-0.1, -0.05) is 13.3 Å². The largest absolute Gasteiger partial charge is 0.383 e. The van der Waals surface area contributed by atoms with Crippen LogP contribution < -0.4 is 5.73 Å². The number of hydrogen-bond acceptors (Lipinski definition) is 3. The van der Waals surface area contributed by atoms with Crippen molar-refractivity contribution in [2.75, 3.05) is 13.7 Å². The molecule has 0 aromatic carbocycles. The van der Waals surface area contributed by atoms with Gasteiger partial charge >= 0.3 is 0 Å². The molecule has 2 N–H and O–H groups in total. The Bertz CT molecular complexity index is 194. The lowest BCUT2D eigenvalue weighted by Gasteiger charge is -2.30. The number of rotatable bonds is 4. The van der Waals surface area contributed by atoms with Gasteiger partial charge in [0.25, 0.3) is 0 Å². The van der Waals surface area contributed by atoms with Gasteiger partial charge in [-0.3, -0.25) is 4.79 Å². The molecule has 0 bridgehead atoms. The van der Waals surface area contributed by atoms with Crippen molar-refractivity contribution in [3.63, 3.8) is 0 Å². The molecule has 3 nitrogen and oxygen atoms in total. The third kappa shape index (κ3) is 2.79. The minimum absolute atomic E-state index is 0.0358. The van der Waals surface area contributed by atoms with Gasteiger partial charge in [0.1, 0.15) is 5.78 Å². The monoisotopic (exact) mass is 199 g/mol. The first kappa shape index (κ1) is 11.7. The predicted molar refractivity (Wildman–Crippen MR) is 56.0 cm³/mol. The fourth-order valence-corrected chi connectivity index (χ4v) is 2.23. The van der Waals surface area contributed by atoms with Gasteiger partial charge in [-0.25, -0.2) is 0 Å². The summed E-state index contributed by atoms with van der Waals surface area (Å²) in [7, 11) is 1.63. The maximum atomic E-state index is 11.6. The van der Waals surface area contributed by atoms with E-state index >= 15 is 0 Å². The second-order valence-electron chi connectivity index (χ2n) is 4.24. The molecular weight excluding hydrogens is 178 g/mol. The third-order valence-corrected chi connectivity index (χ3v) is 3.25. The second-order valence-corrected chi connectivity index (χ2v) is 4.24. The highest BCUT2D eigenvalue weighted by atomic mass is 16.5. The molecule has 3 unspecified atom stereocenters. The van der Waals surface area contributed by atoms with E-state index in [0.29, 0.717) is 24.7 Å². The molecule has 14 heavy (non-hydrogen) atoms. The van der Waals surface area contributed by atoms with Gasteiger partial charge in [-0.05, 0) is 18.8 Å². The van der Waals surface area contributed by atoms with Gasteiger partial charge in [0.05, 0.1) is 6.61 Å². The first-order valence-electron chi connectivity index (χ1n) is 5.46. The van der Waals surface area contributed by atoms with Crippen molar-refractivity contribution >= 4 is 5.78 Å². The SMILES string of the molecule is CCC1CCC(=O)C(C(N)COC)C1. The molecule has 0 amide bonds. The number of carbonyl (C=O) groups excluding carboxylic acids is 1. The minimum atomic E-state index is -0.109. The maximum Gasteiger partial charge on any atom is 0.137 e. The van der Waals surface area contributed by atoms with Crippen LogP contribution in [0.1, 0.15) is 32.6 Å². The van der Waals surface area contributed by atoms with E-state index in [1.54, 1.807) is 7.11 Å². The fourth-order valence-electron chi connectivity index (χ4n) is 2.23. The molecule has 0 aromatic rings. The molecule has 0 spiro atoms. The van der Waals surface area contributed by atoms with Crippen molar-refractivity contribution in [1.29, 1.82) is 0 Å². The van der Waals surface area contributed by atoms with Crippen molar-refractivity contribution in [3.05, 3.63) is 0 Å². The third-order valence-electron chi connectivity index (χ3n) is 3.25. The van der Waals surface area contributed by atoms with Gasteiger partial charge in [-0.2, -0.15) is 0 Å². The quantitative estimate of drug-likeness (QED) is 0.743. The van der Waals surface area contributed by atoms with E-state index in [4.69, 9.17) is 10.5 Å². The molecule has 0 aliphatic heterocycles. The Labute approximate surface area is 86.0 Å². The van der Waals surface area contributed by atoms with Crippen LogP contribution in [0.4, 0.5) is 0 Å². The van der Waals surface area contributed by atoms with E-state index in [0.717, 1.165) is 19.3 Å². The number of ether oxygens (including phenoxy) is 1. The highest BCUT2D eigenvalue weighted by Gasteiger charge is 2.31. The number of hydrogen-bond donors (Lipinski definition) is 1. The van der Waals surface area contributed by atoms with Gasteiger partial charge < -0.3 is 10.5 Å². The zero-order valence-corrected chi connectivity index (χ0v) is 9.16. The molecular formula is C11H21NO2. The number of carbonyl (C=O) groups is 1. The summed E-state index contributed by atoms with van der Waals surface area (Å²) >= 11 is 0. The van der Waals surface area contributed by atoms with Crippen LogP contribution in [0.2, 0.25) is 0 Å². The molecule has 1 saturated carbocycles. The van der Waals surface area contributed by atoms with E-state index < -0.39 is 0 Å². The standard InChI is InChI=1S/C11H21NO2/c1-3-8-4-5-11(13)9(6-8)10(12)7-14-2/h8-10H,3-7,12H2,1-2H3. The summed E-state index contributed by atoms with van der Waals surface area (Å²) in [6, 6.07) is -0.109. The summed E-state index contributed by atoms with van der Waals surface area (Å²) in [5, 5.41) is 0. The van der Waals surface area contributed by atoms with Crippen molar-refractivity contribution in [1.82, 2.24) is 0 Å². The van der Waals surface area contributed by atoms with E-state index in [9.17, 15) is 4.79 Å². The lowest BCUT2D eigenvalue weighted by atomic mass is 9.76. The van der Waals surface area contributed by atoms with Gasteiger partial charge in [0, 0.05) is 25.5 Å². The fraction of sp³-hybridized carbons (Fsp3) is 0.909. The van der Waals surface area contributed by atoms with Crippen LogP contribution in [0.5, 0.6) is 0 Å². The Morgan fingerprint density at radius 3 is 2.93 bits per heavy atom. The van der Waals surface area contributed by atoms with Crippen LogP contribution in [0.15, 0.2) is 0 Å². The molecule has 1 rings (SSSR count). The Hall–Kier alpha value is -0.410. The Morgan fingerprint density at radius 2 is 2.36 bits per heavy atom. The lowest BCUT2D eigenvalue weighted by Crippen LogP contribution is -2.42. The summed E-state index contributed by atoms with van der Waals surface area (Å²) in [4.78, 5) is 11.6. The topological polar surface area (TPSA) is 52.3 Å². The smallest absolute Gasteiger partial charge is 0.137 e. The molecule has 0 aromatic heterocycles. The molecule has 82 valence electrons. The first-order valence-corrected chi connectivity index (χ1v) is 5.46. The van der Waals surface area contributed by atoms with Gasteiger partial charge in [0.2, 0.25) is 0 Å². The van der Waals surface area contributed by atoms with E-state index in [-0.39, 0.29) is 12.0 Å². The Balaban J connectivity index is 2.51. The second kappa shape index (κ2) is 5.47. The van der Waals surface area contributed by atoms with E-state index in [1.165, 1.54) is 0 Å². The number of ketones is 1. The summed E-state index contributed by atoms with van der Waals surface area (Å²) in [6.45, 7) is 2.67. The summed E-state index contributed by atoms with van der Waals surface area (Å²) < 4.78 is 5.00. The molecule has 0 heterocycles. The first-order chi connectivity index (χ1) is 6.69. The average Bonchev–Trinajstić information content (AvgIpc) is 2.19. The molecule has 1 aliphatic rings.